The zero-order valence-electron chi connectivity index (χ0n) is 58.6. The van der Waals surface area contributed by atoms with Crippen LogP contribution in [0.5, 0.6) is 0 Å². The summed E-state index contributed by atoms with van der Waals surface area (Å²) in [5, 5.41) is 0. The van der Waals surface area contributed by atoms with Gasteiger partial charge in [-0.1, -0.05) is 314 Å². The number of esters is 2. The Morgan fingerprint density at radius 3 is 0.889 bits per heavy atom. The van der Waals surface area contributed by atoms with Crippen LogP contribution in [0.2, 0.25) is 0 Å². The van der Waals surface area contributed by atoms with E-state index >= 15 is 0 Å². The number of allylic oxidation sites excluding steroid dienone is 24. The number of phosphoric ester groups is 1. The number of rotatable bonds is 66. The van der Waals surface area contributed by atoms with Crippen molar-refractivity contribution in [3.8, 4) is 0 Å². The van der Waals surface area contributed by atoms with Crippen LogP contribution in [0.25, 0.3) is 0 Å². The minimum Gasteiger partial charge on any atom is -0.462 e. The SMILES string of the molecule is CC/C=C\C/C=C\C/C=C\C/C=C\C/C=C\C/C=C\CCCCCCCCCCCCCCCCCCCCCCC(=O)OC(COC(=O)CCCCCCCCCC/C=C\C/C=C\C/C=C\C/C=C\C/C=C\C/C=C\CC)COP(=O)(O)OCC[N+](C)(C)C. The predicted molar refractivity (Wildman–Crippen MR) is 390 cm³/mol. The van der Waals surface area contributed by atoms with Crippen LogP contribution in [-0.4, -0.2) is 74.9 Å². The molecule has 0 aromatic carbocycles. The lowest BCUT2D eigenvalue weighted by molar-refractivity contribution is -0.870. The number of ether oxygens (including phenoxy) is 2. The minimum atomic E-state index is -4.40. The Kier molecular flexibility index (Phi) is 66.1. The molecule has 0 aliphatic rings. The number of carbonyl (C=O) groups excluding carboxylic acids is 2. The third-order valence-corrected chi connectivity index (χ3v) is 16.3. The van der Waals surface area contributed by atoms with Crippen molar-refractivity contribution in [1.29, 1.82) is 0 Å². The van der Waals surface area contributed by atoms with Gasteiger partial charge in [0.2, 0.25) is 0 Å². The number of carbonyl (C=O) groups is 2. The van der Waals surface area contributed by atoms with Gasteiger partial charge in [0.25, 0.3) is 0 Å². The van der Waals surface area contributed by atoms with Crippen LogP contribution in [-0.2, 0) is 32.7 Å². The van der Waals surface area contributed by atoms with E-state index in [0.717, 1.165) is 128 Å². The largest absolute Gasteiger partial charge is 0.472 e. The first kappa shape index (κ1) is 85.9. The number of unbranched alkanes of at least 4 members (excludes halogenated alkanes) is 28. The molecule has 0 amide bonds. The van der Waals surface area contributed by atoms with Gasteiger partial charge >= 0.3 is 19.8 Å². The molecule has 0 saturated heterocycles. The molecule has 2 unspecified atom stereocenters. The Balaban J connectivity index is 4.03. The summed E-state index contributed by atoms with van der Waals surface area (Å²) in [5.41, 5.74) is 0. The number of likely N-dealkylation sites (N-methyl/N-ethyl adjacent to an activating group) is 1. The summed E-state index contributed by atoms with van der Waals surface area (Å²) in [7, 11) is 1.47. The minimum absolute atomic E-state index is 0.0252. The van der Waals surface area contributed by atoms with Crippen LogP contribution in [0.3, 0.4) is 0 Å². The first-order valence-electron chi connectivity index (χ1n) is 36.6. The van der Waals surface area contributed by atoms with Gasteiger partial charge in [-0.2, -0.15) is 0 Å². The molecule has 0 radical (unpaired) electrons. The van der Waals surface area contributed by atoms with Crippen LogP contribution in [0, 0.1) is 0 Å². The summed E-state index contributed by atoms with van der Waals surface area (Å²) in [6.45, 7) is 4.21. The summed E-state index contributed by atoms with van der Waals surface area (Å²) in [5.74, 6) is -0.805. The molecule has 514 valence electrons. The molecule has 0 aliphatic carbocycles. The Hall–Kier alpha value is -4.11. The molecule has 0 aliphatic heterocycles. The van der Waals surface area contributed by atoms with Crippen molar-refractivity contribution in [2.45, 2.75) is 302 Å². The van der Waals surface area contributed by atoms with E-state index in [1.165, 1.54) is 135 Å². The summed E-state index contributed by atoms with van der Waals surface area (Å²) in [6, 6.07) is 0. The molecule has 0 spiro atoms. The number of quaternary nitrogens is 1. The molecule has 1 N–H and O–H groups in total. The van der Waals surface area contributed by atoms with Crippen molar-refractivity contribution in [3.05, 3.63) is 146 Å². The van der Waals surface area contributed by atoms with Gasteiger partial charge in [0, 0.05) is 12.8 Å². The molecule has 0 aromatic rings. The average Bonchev–Trinajstić information content (AvgIpc) is 3.58. The molecular formula is C80H137NO8P+. The predicted octanol–water partition coefficient (Wildman–Crippen LogP) is 24.2. The second-order valence-electron chi connectivity index (χ2n) is 25.2. The smallest absolute Gasteiger partial charge is 0.462 e. The third-order valence-electron chi connectivity index (χ3n) is 15.4. The van der Waals surface area contributed by atoms with E-state index in [-0.39, 0.29) is 32.0 Å². The van der Waals surface area contributed by atoms with E-state index in [1.807, 2.05) is 21.1 Å². The van der Waals surface area contributed by atoms with E-state index in [4.69, 9.17) is 18.5 Å². The highest BCUT2D eigenvalue weighted by Crippen LogP contribution is 2.43. The third kappa shape index (κ3) is 72.9. The van der Waals surface area contributed by atoms with E-state index < -0.39 is 26.5 Å². The van der Waals surface area contributed by atoms with Crippen molar-refractivity contribution in [2.75, 3.05) is 47.5 Å². The standard InChI is InChI=1S/C80H136NO8P/c1-6-8-10-12-14-16-18-20-22-24-26-28-30-32-34-35-36-37-38-39-40-41-42-43-44-45-47-49-51-53-55-57-59-61-63-65-67-69-71-73-80(83)89-78(77-88-90(84,85)87-75-74-81(3,4)5)76-86-79(82)72-70-68-66-64-62-60-58-56-54-52-50-48-46-33-31-29-27-25-23-21-19-17-15-13-11-9-7-2/h8-11,14-17,20-23,26-29,32-34,36-37,46,50,52,78H,6-7,12-13,18-19,24-25,30-31,35,38-45,47-49,51,53-77H2,1-5H3/p+1/b10-8-,11-9-,16-14-,17-15-,22-20-,23-21-,28-26-,29-27-,34-32-,37-36-,46-33-,52-50-. The fourth-order valence-electron chi connectivity index (χ4n) is 9.85. The lowest BCUT2D eigenvalue weighted by Gasteiger charge is -2.24. The maximum atomic E-state index is 12.9. The lowest BCUT2D eigenvalue weighted by atomic mass is 10.0. The second kappa shape index (κ2) is 69.2. The van der Waals surface area contributed by atoms with Gasteiger partial charge in [-0.25, -0.2) is 4.57 Å². The van der Waals surface area contributed by atoms with Gasteiger partial charge in [-0.15, -0.1) is 0 Å². The molecule has 0 heterocycles. The molecule has 9 nitrogen and oxygen atoms in total. The number of nitrogens with zero attached hydrogens (tertiary/aromatic N) is 1. The molecule has 0 aromatic heterocycles. The fourth-order valence-corrected chi connectivity index (χ4v) is 10.6. The Labute approximate surface area is 554 Å². The van der Waals surface area contributed by atoms with Crippen LogP contribution in [0.15, 0.2) is 146 Å². The zero-order valence-corrected chi connectivity index (χ0v) is 59.5. The zero-order chi connectivity index (χ0) is 65.5. The monoisotopic (exact) mass is 1270 g/mol. The molecular weight excluding hydrogens is 1130 g/mol. The first-order valence-corrected chi connectivity index (χ1v) is 38.1. The molecule has 10 heteroatoms. The van der Waals surface area contributed by atoms with Crippen LogP contribution >= 0.6 is 7.82 Å². The number of phosphoric acid groups is 1. The van der Waals surface area contributed by atoms with Gasteiger partial charge in [-0.05, 0) is 116 Å². The molecule has 0 bridgehead atoms. The van der Waals surface area contributed by atoms with E-state index in [1.54, 1.807) is 0 Å². The Morgan fingerprint density at radius 2 is 0.600 bits per heavy atom. The van der Waals surface area contributed by atoms with E-state index in [0.29, 0.717) is 17.4 Å². The maximum absolute atomic E-state index is 12.9. The highest BCUT2D eigenvalue weighted by Gasteiger charge is 2.27. The van der Waals surface area contributed by atoms with Crippen molar-refractivity contribution in [2.24, 2.45) is 0 Å². The van der Waals surface area contributed by atoms with E-state index in [2.05, 4.69) is 160 Å². The number of hydrogen-bond acceptors (Lipinski definition) is 7. The second-order valence-corrected chi connectivity index (χ2v) is 26.7. The van der Waals surface area contributed by atoms with Crippen molar-refractivity contribution < 1.29 is 42.1 Å². The molecule has 0 saturated carbocycles. The summed E-state index contributed by atoms with van der Waals surface area (Å²) < 4.78 is 34.7. The maximum Gasteiger partial charge on any atom is 0.472 e. The Morgan fingerprint density at radius 1 is 0.344 bits per heavy atom. The van der Waals surface area contributed by atoms with E-state index in [9.17, 15) is 19.0 Å². The lowest BCUT2D eigenvalue weighted by Crippen LogP contribution is -2.37. The molecule has 0 fully saturated rings. The molecule has 2 atom stereocenters. The molecule has 90 heavy (non-hydrogen) atoms. The summed E-state index contributed by atoms with van der Waals surface area (Å²) in [4.78, 5) is 35.9. The highest BCUT2D eigenvalue weighted by molar-refractivity contribution is 7.47. The highest BCUT2D eigenvalue weighted by atomic mass is 31.2. The normalized spacial score (nSPS) is 14.0. The van der Waals surface area contributed by atoms with Crippen LogP contribution in [0.4, 0.5) is 0 Å². The summed E-state index contributed by atoms with van der Waals surface area (Å²) >= 11 is 0. The average molecular weight is 1270 g/mol. The van der Waals surface area contributed by atoms with Crippen molar-refractivity contribution >= 4 is 19.8 Å². The first-order chi connectivity index (χ1) is 44.0. The fraction of sp³-hybridized carbons (Fsp3) is 0.675. The van der Waals surface area contributed by atoms with Gasteiger partial charge in [0.05, 0.1) is 27.7 Å². The van der Waals surface area contributed by atoms with Crippen LogP contribution in [0.1, 0.15) is 296 Å². The van der Waals surface area contributed by atoms with Gasteiger partial charge < -0.3 is 18.9 Å². The van der Waals surface area contributed by atoms with Gasteiger partial charge in [0.1, 0.15) is 19.8 Å². The van der Waals surface area contributed by atoms with Gasteiger partial charge in [0.15, 0.2) is 6.10 Å². The van der Waals surface area contributed by atoms with Crippen molar-refractivity contribution in [1.82, 2.24) is 0 Å². The van der Waals surface area contributed by atoms with Crippen molar-refractivity contribution in [3.63, 3.8) is 0 Å². The Bertz CT molecular complexity index is 2030. The van der Waals surface area contributed by atoms with Gasteiger partial charge in [-0.3, -0.25) is 18.6 Å². The summed E-state index contributed by atoms with van der Waals surface area (Å²) in [6.07, 6.45) is 102. The number of hydrogen-bond donors (Lipinski definition) is 1. The molecule has 0 rings (SSSR count). The quantitative estimate of drug-likeness (QED) is 0.0211. The topological polar surface area (TPSA) is 108 Å². The van der Waals surface area contributed by atoms with Crippen LogP contribution < -0.4 is 0 Å².